The number of allylic oxidation sites excluding steroid dienone is 1. The summed E-state index contributed by atoms with van der Waals surface area (Å²) in [7, 11) is 1.62. The minimum absolute atomic E-state index is 0.249. The first-order chi connectivity index (χ1) is 7.63. The van der Waals surface area contributed by atoms with Gasteiger partial charge >= 0.3 is 5.97 Å². The second-order valence-corrected chi connectivity index (χ2v) is 3.97. The third kappa shape index (κ3) is 1.69. The smallest absolute Gasteiger partial charge is 0.339 e. The van der Waals surface area contributed by atoms with Gasteiger partial charge in [0.15, 0.2) is 0 Å². The van der Waals surface area contributed by atoms with Crippen LogP contribution in [0.2, 0.25) is 0 Å². The predicted octanol–water partition coefficient (Wildman–Crippen LogP) is 2.55. The van der Waals surface area contributed by atoms with Crippen LogP contribution in [0.25, 0.3) is 5.57 Å². The molecule has 0 amide bonds. The quantitative estimate of drug-likeness (QED) is 0.536. The topological polar surface area (TPSA) is 35.5 Å². The number of benzene rings is 1. The number of hydrogen-bond acceptors (Lipinski definition) is 3. The van der Waals surface area contributed by atoms with Gasteiger partial charge in [0, 0.05) is 0 Å². The van der Waals surface area contributed by atoms with E-state index in [4.69, 9.17) is 9.47 Å². The lowest BCUT2D eigenvalue weighted by molar-refractivity contribution is -0.138. The van der Waals surface area contributed by atoms with E-state index in [9.17, 15) is 4.79 Å². The second kappa shape index (κ2) is 4.00. The van der Waals surface area contributed by atoms with E-state index in [-0.39, 0.29) is 5.97 Å². The van der Waals surface area contributed by atoms with E-state index in [1.54, 1.807) is 7.11 Å². The van der Waals surface area contributed by atoms with Crippen LogP contribution in [0, 0.1) is 0 Å². The van der Waals surface area contributed by atoms with Gasteiger partial charge in [-0.15, -0.1) is 0 Å². The number of rotatable bonds is 1. The normalized spacial score (nSPS) is 14.2. The van der Waals surface area contributed by atoms with Gasteiger partial charge in [-0.3, -0.25) is 0 Å². The number of cyclic esters (lactones) is 1. The van der Waals surface area contributed by atoms with Crippen molar-refractivity contribution in [3.63, 3.8) is 0 Å². The van der Waals surface area contributed by atoms with Crippen molar-refractivity contribution in [1.29, 1.82) is 0 Å². The number of hydrogen-bond donors (Lipinski definition) is 0. The molecular formula is C13H14O3. The molecule has 0 saturated carbocycles. The van der Waals surface area contributed by atoms with Crippen LogP contribution in [-0.2, 0) is 16.1 Å². The van der Waals surface area contributed by atoms with E-state index in [1.165, 1.54) is 0 Å². The molecule has 0 fully saturated rings. The average Bonchev–Trinajstić information content (AvgIpc) is 2.27. The Kier molecular flexibility index (Phi) is 2.69. The van der Waals surface area contributed by atoms with E-state index in [1.807, 2.05) is 32.0 Å². The molecule has 0 bridgehead atoms. The molecule has 2 rings (SSSR count). The molecule has 1 aliphatic heterocycles. The molecule has 3 nitrogen and oxygen atoms in total. The summed E-state index contributed by atoms with van der Waals surface area (Å²) in [5.41, 5.74) is 3.56. The number of ether oxygens (including phenoxy) is 2. The lowest BCUT2D eigenvalue weighted by atomic mass is 9.94. The fraction of sp³-hybridized carbons (Fsp3) is 0.308. The van der Waals surface area contributed by atoms with Crippen LogP contribution >= 0.6 is 0 Å². The van der Waals surface area contributed by atoms with Crippen LogP contribution in [0.5, 0.6) is 5.75 Å². The molecule has 0 saturated heterocycles. The Bertz CT molecular complexity index is 468. The molecule has 0 atom stereocenters. The highest BCUT2D eigenvalue weighted by atomic mass is 16.5. The maximum atomic E-state index is 11.7. The van der Waals surface area contributed by atoms with E-state index in [0.717, 1.165) is 22.4 Å². The first kappa shape index (κ1) is 10.7. The van der Waals surface area contributed by atoms with E-state index >= 15 is 0 Å². The molecular weight excluding hydrogens is 204 g/mol. The zero-order chi connectivity index (χ0) is 11.7. The largest absolute Gasteiger partial charge is 0.497 e. The Morgan fingerprint density at radius 1 is 1.38 bits per heavy atom. The van der Waals surface area contributed by atoms with Crippen LogP contribution in [0.4, 0.5) is 0 Å². The molecule has 0 spiro atoms. The van der Waals surface area contributed by atoms with Gasteiger partial charge in [0.2, 0.25) is 0 Å². The molecule has 1 aromatic rings. The SMILES string of the molecule is COc1ccc2c(c1)C(=C(C)C)C(=O)OC2. The zero-order valence-electron chi connectivity index (χ0n) is 9.66. The molecule has 3 heteroatoms. The highest BCUT2D eigenvalue weighted by molar-refractivity contribution is 6.18. The summed E-state index contributed by atoms with van der Waals surface area (Å²) in [5, 5.41) is 0. The van der Waals surface area contributed by atoms with E-state index in [0.29, 0.717) is 12.2 Å². The minimum Gasteiger partial charge on any atom is -0.497 e. The highest BCUT2D eigenvalue weighted by Gasteiger charge is 2.24. The van der Waals surface area contributed by atoms with Crippen molar-refractivity contribution < 1.29 is 14.3 Å². The number of methoxy groups -OCH3 is 1. The third-order valence-corrected chi connectivity index (χ3v) is 2.65. The van der Waals surface area contributed by atoms with Crippen molar-refractivity contribution in [2.45, 2.75) is 20.5 Å². The van der Waals surface area contributed by atoms with Crippen LogP contribution in [0.1, 0.15) is 25.0 Å². The summed E-state index contributed by atoms with van der Waals surface area (Å²) < 4.78 is 10.3. The van der Waals surface area contributed by atoms with Crippen molar-refractivity contribution in [1.82, 2.24) is 0 Å². The van der Waals surface area contributed by atoms with Gasteiger partial charge < -0.3 is 9.47 Å². The summed E-state index contributed by atoms with van der Waals surface area (Å²) in [4.78, 5) is 11.7. The number of fused-ring (bicyclic) bond motifs is 1. The van der Waals surface area contributed by atoms with Gasteiger partial charge in [-0.05, 0) is 37.1 Å². The highest BCUT2D eigenvalue weighted by Crippen LogP contribution is 2.31. The Balaban J connectivity index is 2.62. The summed E-state index contributed by atoms with van der Waals surface area (Å²) in [6.07, 6.45) is 0. The second-order valence-electron chi connectivity index (χ2n) is 3.97. The van der Waals surface area contributed by atoms with Crippen molar-refractivity contribution in [2.24, 2.45) is 0 Å². The molecule has 84 valence electrons. The Morgan fingerprint density at radius 2 is 2.12 bits per heavy atom. The predicted molar refractivity (Wildman–Crippen MR) is 61.1 cm³/mol. The average molecular weight is 218 g/mol. The maximum absolute atomic E-state index is 11.7. The molecule has 0 N–H and O–H groups in total. The number of carbonyl (C=O) groups is 1. The Hall–Kier alpha value is -1.77. The molecule has 0 aromatic heterocycles. The zero-order valence-corrected chi connectivity index (χ0v) is 9.66. The summed E-state index contributed by atoms with van der Waals surface area (Å²) in [5.74, 6) is 0.507. The van der Waals surface area contributed by atoms with Gasteiger partial charge in [0.05, 0.1) is 12.7 Å². The van der Waals surface area contributed by atoms with E-state index < -0.39 is 0 Å². The molecule has 16 heavy (non-hydrogen) atoms. The lowest BCUT2D eigenvalue weighted by Crippen LogP contribution is -2.16. The third-order valence-electron chi connectivity index (χ3n) is 2.65. The monoisotopic (exact) mass is 218 g/mol. The summed E-state index contributed by atoms with van der Waals surface area (Å²) in [6.45, 7) is 4.16. The standard InChI is InChI=1S/C13H14O3/c1-8(2)12-11-6-10(15-3)5-4-9(11)7-16-13(12)14/h4-6H,7H2,1-3H3. The Morgan fingerprint density at radius 3 is 2.75 bits per heavy atom. The number of esters is 1. The minimum atomic E-state index is -0.249. The van der Waals surface area contributed by atoms with Gasteiger partial charge in [-0.1, -0.05) is 11.6 Å². The maximum Gasteiger partial charge on any atom is 0.339 e. The Labute approximate surface area is 94.7 Å². The molecule has 1 aromatic carbocycles. The van der Waals surface area contributed by atoms with Gasteiger partial charge in [0.25, 0.3) is 0 Å². The van der Waals surface area contributed by atoms with Crippen molar-refractivity contribution in [3.8, 4) is 5.75 Å². The van der Waals surface area contributed by atoms with Gasteiger partial charge in [-0.25, -0.2) is 4.79 Å². The summed E-state index contributed by atoms with van der Waals surface area (Å²) >= 11 is 0. The van der Waals surface area contributed by atoms with Gasteiger partial charge in [-0.2, -0.15) is 0 Å². The molecule has 1 heterocycles. The molecule has 1 aliphatic rings. The lowest BCUT2D eigenvalue weighted by Gasteiger charge is -2.20. The first-order valence-electron chi connectivity index (χ1n) is 5.15. The van der Waals surface area contributed by atoms with E-state index in [2.05, 4.69) is 0 Å². The number of carbonyl (C=O) groups excluding carboxylic acids is 1. The first-order valence-corrected chi connectivity index (χ1v) is 5.15. The molecule has 0 unspecified atom stereocenters. The summed E-state index contributed by atoms with van der Waals surface area (Å²) in [6, 6.07) is 5.70. The van der Waals surface area contributed by atoms with Crippen LogP contribution in [0.15, 0.2) is 23.8 Å². The van der Waals surface area contributed by atoms with Crippen LogP contribution in [0.3, 0.4) is 0 Å². The fourth-order valence-corrected chi connectivity index (χ4v) is 1.84. The van der Waals surface area contributed by atoms with Crippen molar-refractivity contribution >= 4 is 11.5 Å². The van der Waals surface area contributed by atoms with Crippen LogP contribution < -0.4 is 4.74 Å². The molecule has 0 aliphatic carbocycles. The van der Waals surface area contributed by atoms with Gasteiger partial charge in [0.1, 0.15) is 12.4 Å². The van der Waals surface area contributed by atoms with Crippen molar-refractivity contribution in [2.75, 3.05) is 7.11 Å². The molecule has 0 radical (unpaired) electrons. The van der Waals surface area contributed by atoms with Crippen molar-refractivity contribution in [3.05, 3.63) is 34.9 Å². The van der Waals surface area contributed by atoms with Crippen LogP contribution in [-0.4, -0.2) is 13.1 Å². The fourth-order valence-electron chi connectivity index (χ4n) is 1.84.